The lowest BCUT2D eigenvalue weighted by Crippen LogP contribution is -2.24. The third-order valence-corrected chi connectivity index (χ3v) is 5.92. The maximum atomic E-state index is 13.2. The molecule has 0 bridgehead atoms. The van der Waals surface area contributed by atoms with Crippen LogP contribution in [0.3, 0.4) is 0 Å². The molecule has 0 radical (unpaired) electrons. The Kier molecular flexibility index (Phi) is 7.38. The number of esters is 1. The number of furan rings is 1. The van der Waals surface area contributed by atoms with Gasteiger partial charge < -0.3 is 14.5 Å². The summed E-state index contributed by atoms with van der Waals surface area (Å²) in [6.45, 7) is 0.629. The highest BCUT2D eigenvalue weighted by molar-refractivity contribution is 7.89. The van der Waals surface area contributed by atoms with Crippen molar-refractivity contribution in [1.29, 1.82) is 0 Å². The molecule has 3 aromatic rings. The summed E-state index contributed by atoms with van der Waals surface area (Å²) in [7, 11) is -3.99. The first-order chi connectivity index (χ1) is 16.1. The van der Waals surface area contributed by atoms with Crippen LogP contribution in [0.25, 0.3) is 0 Å². The van der Waals surface area contributed by atoms with E-state index >= 15 is 0 Å². The molecule has 0 saturated carbocycles. The molecule has 0 aliphatic carbocycles. The summed E-state index contributed by atoms with van der Waals surface area (Å²) in [6, 6.07) is 9.56. The van der Waals surface area contributed by atoms with Crippen LogP contribution >= 0.6 is 0 Å². The zero-order chi connectivity index (χ0) is 24.9. The van der Waals surface area contributed by atoms with Gasteiger partial charge in [0.2, 0.25) is 10.0 Å². The molecule has 1 heterocycles. The molecular formula is C21H18FN3O8S. The van der Waals surface area contributed by atoms with Crippen molar-refractivity contribution < 1.29 is 36.5 Å². The van der Waals surface area contributed by atoms with Crippen molar-refractivity contribution in [2.45, 2.75) is 18.4 Å². The van der Waals surface area contributed by atoms with E-state index in [1.165, 1.54) is 18.4 Å². The topological polar surface area (TPSA) is 158 Å². The fourth-order valence-electron chi connectivity index (χ4n) is 2.81. The van der Waals surface area contributed by atoms with Crippen molar-refractivity contribution in [2.75, 3.05) is 11.9 Å². The second-order valence-electron chi connectivity index (χ2n) is 6.92. The first-order valence-electron chi connectivity index (χ1n) is 9.60. The molecule has 0 spiro atoms. The standard InChI is InChI=1S/C21H18FN3O8S/c1-13-4-6-16(34(30,31)23-11-15-3-2-8-32-15)10-17(13)21(27)33-12-20(26)24-18-7-5-14(22)9-19(18)25(28)29/h2-10,23H,11-12H2,1H3,(H,24,26). The smallest absolute Gasteiger partial charge is 0.338 e. The molecule has 2 N–H and O–H groups in total. The van der Waals surface area contributed by atoms with E-state index in [0.717, 1.165) is 18.2 Å². The van der Waals surface area contributed by atoms with Gasteiger partial charge in [-0.25, -0.2) is 22.3 Å². The summed E-state index contributed by atoms with van der Waals surface area (Å²) in [5.74, 6) is -2.36. The van der Waals surface area contributed by atoms with Gasteiger partial charge in [0, 0.05) is 0 Å². The zero-order valence-corrected chi connectivity index (χ0v) is 18.4. The molecule has 0 aliphatic rings. The van der Waals surface area contributed by atoms with Crippen LogP contribution < -0.4 is 10.0 Å². The highest BCUT2D eigenvalue weighted by Crippen LogP contribution is 2.25. The molecule has 11 nitrogen and oxygen atoms in total. The van der Waals surface area contributed by atoms with Gasteiger partial charge in [-0.1, -0.05) is 6.07 Å². The molecule has 0 atom stereocenters. The van der Waals surface area contributed by atoms with E-state index in [1.54, 1.807) is 19.1 Å². The van der Waals surface area contributed by atoms with Crippen LogP contribution in [0.1, 0.15) is 21.7 Å². The summed E-state index contributed by atoms with van der Waals surface area (Å²) in [5.41, 5.74) is -0.652. The third kappa shape index (κ3) is 6.02. The number of ether oxygens (including phenoxy) is 1. The zero-order valence-electron chi connectivity index (χ0n) is 17.6. The Balaban J connectivity index is 1.67. The Bertz CT molecular complexity index is 1340. The first kappa shape index (κ1) is 24.5. The number of sulfonamides is 1. The van der Waals surface area contributed by atoms with Crippen molar-refractivity contribution in [3.63, 3.8) is 0 Å². The van der Waals surface area contributed by atoms with Crippen molar-refractivity contribution >= 4 is 33.3 Å². The Morgan fingerprint density at radius 3 is 2.62 bits per heavy atom. The van der Waals surface area contributed by atoms with Gasteiger partial charge in [-0.15, -0.1) is 0 Å². The number of aryl methyl sites for hydroxylation is 1. The highest BCUT2D eigenvalue weighted by Gasteiger charge is 2.21. The van der Waals surface area contributed by atoms with Crippen molar-refractivity contribution in [3.8, 4) is 0 Å². The number of nitro groups is 1. The minimum Gasteiger partial charge on any atom is -0.468 e. The lowest BCUT2D eigenvalue weighted by atomic mass is 10.1. The van der Waals surface area contributed by atoms with Gasteiger partial charge >= 0.3 is 5.97 Å². The number of carbonyl (C=O) groups is 2. The van der Waals surface area contributed by atoms with Crippen LogP contribution in [0, 0.1) is 22.9 Å². The van der Waals surface area contributed by atoms with Crippen LogP contribution in [-0.2, 0) is 26.1 Å². The molecule has 1 amide bonds. The number of nitrogens with zero attached hydrogens (tertiary/aromatic N) is 1. The van der Waals surface area contributed by atoms with Crippen LogP contribution in [0.4, 0.5) is 15.8 Å². The monoisotopic (exact) mass is 491 g/mol. The molecule has 0 fully saturated rings. The summed E-state index contributed by atoms with van der Waals surface area (Å²) < 4.78 is 50.7. The maximum absolute atomic E-state index is 13.2. The minimum atomic E-state index is -3.99. The SMILES string of the molecule is Cc1ccc(S(=O)(=O)NCc2ccco2)cc1C(=O)OCC(=O)Nc1ccc(F)cc1[N+](=O)[O-]. The van der Waals surface area contributed by atoms with Gasteiger partial charge in [-0.3, -0.25) is 14.9 Å². The van der Waals surface area contributed by atoms with Crippen molar-refractivity contribution in [2.24, 2.45) is 0 Å². The number of halogens is 1. The number of amides is 1. The quantitative estimate of drug-likeness (QED) is 0.263. The van der Waals surface area contributed by atoms with Gasteiger partial charge in [0.05, 0.1) is 34.3 Å². The first-order valence-corrected chi connectivity index (χ1v) is 11.1. The molecular weight excluding hydrogens is 473 g/mol. The van der Waals surface area contributed by atoms with E-state index in [0.29, 0.717) is 17.4 Å². The summed E-state index contributed by atoms with van der Waals surface area (Å²) in [6.07, 6.45) is 1.40. The number of nitro benzene ring substituents is 1. The van der Waals surface area contributed by atoms with E-state index < -0.39 is 44.9 Å². The van der Waals surface area contributed by atoms with Crippen molar-refractivity contribution in [1.82, 2.24) is 4.72 Å². The number of rotatable bonds is 9. The molecule has 178 valence electrons. The van der Waals surface area contributed by atoms with Crippen LogP contribution in [0.5, 0.6) is 0 Å². The number of carbonyl (C=O) groups excluding carboxylic acids is 2. The summed E-state index contributed by atoms with van der Waals surface area (Å²) in [5, 5.41) is 13.2. The number of benzene rings is 2. The normalized spacial score (nSPS) is 11.1. The average Bonchev–Trinajstić information content (AvgIpc) is 3.31. The number of nitrogens with one attached hydrogen (secondary N) is 2. The van der Waals surface area contributed by atoms with E-state index in [1.807, 2.05) is 0 Å². The van der Waals surface area contributed by atoms with E-state index in [9.17, 15) is 32.5 Å². The average molecular weight is 491 g/mol. The van der Waals surface area contributed by atoms with E-state index in [-0.39, 0.29) is 22.7 Å². The Morgan fingerprint density at radius 1 is 1.18 bits per heavy atom. The second kappa shape index (κ2) is 10.2. The Labute approximate surface area is 192 Å². The van der Waals surface area contributed by atoms with Gasteiger partial charge in [-0.2, -0.15) is 0 Å². The van der Waals surface area contributed by atoms with Gasteiger partial charge in [-0.05, 0) is 48.9 Å². The molecule has 13 heteroatoms. The van der Waals surface area contributed by atoms with Crippen LogP contribution in [0.2, 0.25) is 0 Å². The van der Waals surface area contributed by atoms with Gasteiger partial charge in [0.25, 0.3) is 11.6 Å². The molecule has 34 heavy (non-hydrogen) atoms. The predicted octanol–water partition coefficient (Wildman–Crippen LogP) is 2.91. The summed E-state index contributed by atoms with van der Waals surface area (Å²) >= 11 is 0. The lowest BCUT2D eigenvalue weighted by molar-refractivity contribution is -0.384. The molecule has 3 rings (SSSR count). The lowest BCUT2D eigenvalue weighted by Gasteiger charge is -2.11. The van der Waals surface area contributed by atoms with E-state index in [4.69, 9.17) is 9.15 Å². The third-order valence-electron chi connectivity index (χ3n) is 4.52. The Hall–Kier alpha value is -4.10. The minimum absolute atomic E-state index is 0.0959. The van der Waals surface area contributed by atoms with Crippen LogP contribution in [0.15, 0.2) is 64.1 Å². The summed E-state index contributed by atoms with van der Waals surface area (Å²) in [4.78, 5) is 34.5. The van der Waals surface area contributed by atoms with Gasteiger partial charge in [0.1, 0.15) is 17.3 Å². The van der Waals surface area contributed by atoms with E-state index in [2.05, 4.69) is 10.0 Å². The van der Waals surface area contributed by atoms with Crippen molar-refractivity contribution in [3.05, 3.63) is 87.6 Å². The Morgan fingerprint density at radius 2 is 1.94 bits per heavy atom. The molecule has 0 saturated heterocycles. The second-order valence-corrected chi connectivity index (χ2v) is 8.69. The maximum Gasteiger partial charge on any atom is 0.338 e. The molecule has 0 aliphatic heterocycles. The molecule has 0 unspecified atom stereocenters. The molecule has 1 aromatic heterocycles. The van der Waals surface area contributed by atoms with Crippen LogP contribution in [-0.4, -0.2) is 31.8 Å². The largest absolute Gasteiger partial charge is 0.468 e. The number of hydrogen-bond acceptors (Lipinski definition) is 8. The fourth-order valence-corrected chi connectivity index (χ4v) is 3.83. The highest BCUT2D eigenvalue weighted by atomic mass is 32.2. The van der Waals surface area contributed by atoms with Gasteiger partial charge in [0.15, 0.2) is 6.61 Å². The number of anilines is 1. The number of hydrogen-bond donors (Lipinski definition) is 2. The predicted molar refractivity (Wildman–Crippen MR) is 116 cm³/mol. The molecule has 2 aromatic carbocycles. The fraction of sp³-hybridized carbons (Fsp3) is 0.143.